The Morgan fingerprint density at radius 1 is 1.13 bits per heavy atom. The second-order valence-electron chi connectivity index (χ2n) is 9.97. The van der Waals surface area contributed by atoms with E-state index in [2.05, 4.69) is 25.5 Å². The number of fused-ring (bicyclic) bond motifs is 1. The summed E-state index contributed by atoms with van der Waals surface area (Å²) in [5.41, 5.74) is 0.874. The summed E-state index contributed by atoms with van der Waals surface area (Å²) >= 11 is 5.95. The average molecular weight is 542 g/mol. The topological polar surface area (TPSA) is 88.6 Å². The van der Waals surface area contributed by atoms with E-state index in [1.165, 1.54) is 12.4 Å². The van der Waals surface area contributed by atoms with Crippen molar-refractivity contribution in [2.24, 2.45) is 5.92 Å². The van der Waals surface area contributed by atoms with Crippen LogP contribution in [0.2, 0.25) is 5.02 Å². The van der Waals surface area contributed by atoms with Crippen LogP contribution in [0.4, 0.5) is 15.9 Å². The number of ether oxygens (including phenoxy) is 2. The zero-order valence-corrected chi connectivity index (χ0v) is 22.4. The number of methoxy groups -OCH3 is 1. The molecular formula is C28H33ClFN5O3. The molecule has 1 saturated heterocycles. The molecule has 10 heteroatoms. The summed E-state index contributed by atoms with van der Waals surface area (Å²) in [6.07, 6.45) is 7.35. The maximum absolute atomic E-state index is 14.5. The number of likely N-dealkylation sites (tertiary alicyclic amines) is 1. The first kappa shape index (κ1) is 26.4. The monoisotopic (exact) mass is 541 g/mol. The van der Waals surface area contributed by atoms with Crippen LogP contribution >= 0.6 is 11.6 Å². The van der Waals surface area contributed by atoms with Gasteiger partial charge < -0.3 is 20.1 Å². The van der Waals surface area contributed by atoms with Gasteiger partial charge in [-0.25, -0.2) is 14.4 Å². The van der Waals surface area contributed by atoms with Gasteiger partial charge in [-0.05, 0) is 63.3 Å². The molecule has 1 atom stereocenters. The molecule has 0 bridgehead atoms. The predicted molar refractivity (Wildman–Crippen MR) is 146 cm³/mol. The lowest BCUT2D eigenvalue weighted by atomic mass is 9.88. The van der Waals surface area contributed by atoms with Gasteiger partial charge in [-0.2, -0.15) is 0 Å². The molecule has 0 spiro atoms. The van der Waals surface area contributed by atoms with Crippen molar-refractivity contribution >= 4 is 39.9 Å². The highest BCUT2D eigenvalue weighted by Gasteiger charge is 2.32. The molecule has 2 N–H and O–H groups in total. The Morgan fingerprint density at radius 2 is 1.95 bits per heavy atom. The van der Waals surface area contributed by atoms with Crippen LogP contribution in [0.5, 0.6) is 11.5 Å². The summed E-state index contributed by atoms with van der Waals surface area (Å²) in [4.78, 5) is 23.3. The van der Waals surface area contributed by atoms with E-state index in [4.69, 9.17) is 21.1 Å². The van der Waals surface area contributed by atoms with Crippen molar-refractivity contribution in [3.8, 4) is 11.5 Å². The largest absolute Gasteiger partial charge is 0.493 e. The predicted octanol–water partition coefficient (Wildman–Crippen LogP) is 5.32. The molecule has 1 saturated carbocycles. The normalized spacial score (nSPS) is 22.2. The number of benzene rings is 2. The van der Waals surface area contributed by atoms with Crippen molar-refractivity contribution < 1.29 is 18.7 Å². The van der Waals surface area contributed by atoms with Gasteiger partial charge in [-0.1, -0.05) is 17.7 Å². The zero-order chi connectivity index (χ0) is 26.6. The Bertz CT molecular complexity index is 1300. The number of hydrogen-bond acceptors (Lipinski definition) is 7. The maximum Gasteiger partial charge on any atom is 0.224 e. The first-order valence-corrected chi connectivity index (χ1v) is 13.5. The Hall–Kier alpha value is -3.17. The molecule has 38 heavy (non-hydrogen) atoms. The molecule has 0 radical (unpaired) electrons. The molecular weight excluding hydrogens is 509 g/mol. The first-order valence-electron chi connectivity index (χ1n) is 13.1. The van der Waals surface area contributed by atoms with Gasteiger partial charge in [-0.3, -0.25) is 9.69 Å². The molecule has 5 rings (SSSR count). The highest BCUT2D eigenvalue weighted by Crippen LogP contribution is 2.38. The van der Waals surface area contributed by atoms with Crippen LogP contribution in [0, 0.1) is 11.7 Å². The summed E-state index contributed by atoms with van der Waals surface area (Å²) in [5, 5.41) is 6.56. The van der Waals surface area contributed by atoms with E-state index >= 15 is 0 Å². The molecule has 2 aromatic carbocycles. The Labute approximate surface area is 226 Å². The van der Waals surface area contributed by atoms with Gasteiger partial charge in [0.05, 0.1) is 35.4 Å². The third-order valence-electron chi connectivity index (χ3n) is 7.65. The van der Waals surface area contributed by atoms with Crippen LogP contribution in [-0.4, -0.2) is 60.2 Å². The molecule has 8 nitrogen and oxygen atoms in total. The van der Waals surface area contributed by atoms with Crippen molar-refractivity contribution in [2.45, 2.75) is 50.7 Å². The highest BCUT2D eigenvalue weighted by molar-refractivity contribution is 6.31. The summed E-state index contributed by atoms with van der Waals surface area (Å²) in [7, 11) is 3.32. The molecule has 3 aromatic rings. The van der Waals surface area contributed by atoms with Gasteiger partial charge in [0.1, 0.15) is 12.1 Å². The lowest BCUT2D eigenvalue weighted by Crippen LogP contribution is -2.48. The van der Waals surface area contributed by atoms with E-state index < -0.39 is 5.82 Å². The number of carbonyl (C=O) groups excluding carboxylic acids is 1. The molecule has 2 heterocycles. The molecule has 1 aromatic heterocycles. The van der Waals surface area contributed by atoms with Gasteiger partial charge in [0.25, 0.3) is 0 Å². The quantitative estimate of drug-likeness (QED) is 0.418. The smallest absolute Gasteiger partial charge is 0.224 e. The van der Waals surface area contributed by atoms with Crippen LogP contribution in [0.15, 0.2) is 36.7 Å². The van der Waals surface area contributed by atoms with Crippen LogP contribution in [0.1, 0.15) is 38.5 Å². The highest BCUT2D eigenvalue weighted by atomic mass is 35.5. The fourth-order valence-corrected chi connectivity index (χ4v) is 5.78. The van der Waals surface area contributed by atoms with Crippen LogP contribution < -0.4 is 20.1 Å². The van der Waals surface area contributed by atoms with Gasteiger partial charge in [0, 0.05) is 31.1 Å². The fourth-order valence-electron chi connectivity index (χ4n) is 5.61. The second-order valence-corrected chi connectivity index (χ2v) is 10.4. The minimum absolute atomic E-state index is 0.0309. The van der Waals surface area contributed by atoms with Gasteiger partial charge in [-0.15, -0.1) is 0 Å². The third kappa shape index (κ3) is 5.63. The number of carbonyl (C=O) groups is 1. The van der Waals surface area contributed by atoms with Crippen molar-refractivity contribution in [1.29, 1.82) is 0 Å². The van der Waals surface area contributed by atoms with E-state index in [1.54, 1.807) is 26.3 Å². The van der Waals surface area contributed by atoms with Gasteiger partial charge in [0.2, 0.25) is 5.91 Å². The van der Waals surface area contributed by atoms with Gasteiger partial charge in [0.15, 0.2) is 17.3 Å². The SMILES string of the molecule is CNC(=O)[C@H]1CCCN([C@H]2CC[C@@H](Oc3cc4c(Nc5cccc(Cl)c5F)ncnc4cc3OC)CC2)C1. The van der Waals surface area contributed by atoms with Crippen molar-refractivity contribution in [1.82, 2.24) is 20.2 Å². The van der Waals surface area contributed by atoms with Crippen molar-refractivity contribution in [3.05, 3.63) is 47.5 Å². The molecule has 202 valence electrons. The number of nitrogens with one attached hydrogen (secondary N) is 2. The number of hydrogen-bond donors (Lipinski definition) is 2. The lowest BCUT2D eigenvalue weighted by Gasteiger charge is -2.41. The third-order valence-corrected chi connectivity index (χ3v) is 7.94. The Kier molecular flexibility index (Phi) is 8.14. The minimum Gasteiger partial charge on any atom is -0.493 e. The average Bonchev–Trinajstić information content (AvgIpc) is 2.95. The molecule has 1 aliphatic carbocycles. The van der Waals surface area contributed by atoms with Crippen molar-refractivity contribution in [2.75, 3.05) is 32.6 Å². The maximum atomic E-state index is 14.5. The summed E-state index contributed by atoms with van der Waals surface area (Å²) in [6.45, 7) is 1.88. The Morgan fingerprint density at radius 3 is 2.71 bits per heavy atom. The number of anilines is 2. The number of piperidine rings is 1. The van der Waals surface area contributed by atoms with Crippen molar-refractivity contribution in [3.63, 3.8) is 0 Å². The van der Waals surface area contributed by atoms with Crippen LogP contribution in [0.3, 0.4) is 0 Å². The van der Waals surface area contributed by atoms with E-state index in [1.807, 2.05) is 12.1 Å². The number of nitrogens with zero attached hydrogens (tertiary/aromatic N) is 3. The van der Waals surface area contributed by atoms with E-state index in [0.717, 1.165) is 51.6 Å². The lowest BCUT2D eigenvalue weighted by molar-refractivity contribution is -0.126. The summed E-state index contributed by atoms with van der Waals surface area (Å²) < 4.78 is 26.6. The van der Waals surface area contributed by atoms with E-state index in [0.29, 0.717) is 34.3 Å². The fraction of sp³-hybridized carbons (Fsp3) is 0.464. The second kappa shape index (κ2) is 11.7. The number of rotatable bonds is 7. The number of amides is 1. The summed E-state index contributed by atoms with van der Waals surface area (Å²) in [6, 6.07) is 8.91. The van der Waals surface area contributed by atoms with Crippen LogP contribution in [0.25, 0.3) is 10.9 Å². The molecule has 1 aliphatic heterocycles. The van der Waals surface area contributed by atoms with Gasteiger partial charge >= 0.3 is 0 Å². The van der Waals surface area contributed by atoms with E-state index in [9.17, 15) is 9.18 Å². The molecule has 2 aliphatic rings. The molecule has 2 fully saturated rings. The number of halogens is 2. The Balaban J connectivity index is 1.30. The van der Waals surface area contributed by atoms with Crippen LogP contribution in [-0.2, 0) is 4.79 Å². The standard InChI is InChI=1S/C28H33ClFN5O3/c1-31-28(36)17-5-4-12-35(15-17)18-8-10-19(11-9-18)38-25-13-20-23(14-24(25)37-2)32-16-33-27(20)34-22-7-3-6-21(29)26(22)30/h3,6-7,13-14,16-19H,4-5,8-12,15H2,1-2H3,(H,31,36)(H,32,33,34)/t17-,18-,19+/m0/s1. The molecule has 0 unspecified atom stereocenters. The first-order chi connectivity index (χ1) is 18.5. The molecule has 1 amide bonds. The van der Waals surface area contributed by atoms with E-state index in [-0.39, 0.29) is 28.6 Å². The zero-order valence-electron chi connectivity index (χ0n) is 21.7. The minimum atomic E-state index is -0.543. The summed E-state index contributed by atoms with van der Waals surface area (Å²) in [5.74, 6) is 1.32. The number of aromatic nitrogens is 2.